The van der Waals surface area contributed by atoms with Gasteiger partial charge in [-0.3, -0.25) is 4.98 Å². The number of hydrogen-bond acceptors (Lipinski definition) is 5. The van der Waals surface area contributed by atoms with Gasteiger partial charge in [-0.1, -0.05) is 13.8 Å². The second kappa shape index (κ2) is 8.32. The van der Waals surface area contributed by atoms with Crippen molar-refractivity contribution in [2.45, 2.75) is 26.7 Å². The summed E-state index contributed by atoms with van der Waals surface area (Å²) in [5.74, 6) is 2.32. The number of likely N-dealkylation sites (N-methyl/N-ethyl adjacent to an activating group) is 1. The summed E-state index contributed by atoms with van der Waals surface area (Å²) < 4.78 is 0. The van der Waals surface area contributed by atoms with Crippen LogP contribution in [0.15, 0.2) is 36.8 Å². The molecule has 0 aliphatic heterocycles. The lowest BCUT2D eigenvalue weighted by Gasteiger charge is -2.18. The van der Waals surface area contributed by atoms with Crippen molar-refractivity contribution in [2.75, 3.05) is 30.4 Å². The Kier molecular flexibility index (Phi) is 6.13. The van der Waals surface area contributed by atoms with Gasteiger partial charge in [-0.15, -0.1) is 0 Å². The van der Waals surface area contributed by atoms with Crippen molar-refractivity contribution in [3.8, 4) is 0 Å². The monoisotopic (exact) mass is 299 g/mol. The number of hydrogen-bond donors (Lipinski definition) is 1. The Bertz CT molecular complexity index is 556. The second-order valence-electron chi connectivity index (χ2n) is 5.87. The summed E-state index contributed by atoms with van der Waals surface area (Å²) in [4.78, 5) is 15.0. The minimum absolute atomic E-state index is 0.679. The molecule has 0 bridgehead atoms. The van der Waals surface area contributed by atoms with Crippen molar-refractivity contribution in [3.63, 3.8) is 0 Å². The molecule has 0 aliphatic rings. The Labute approximate surface area is 132 Å². The van der Waals surface area contributed by atoms with Crippen LogP contribution in [0.4, 0.5) is 11.8 Å². The third kappa shape index (κ3) is 5.31. The van der Waals surface area contributed by atoms with Gasteiger partial charge in [-0.2, -0.15) is 4.98 Å². The third-order valence-corrected chi connectivity index (χ3v) is 3.52. The molecule has 5 heteroatoms. The zero-order chi connectivity index (χ0) is 15.8. The number of nitrogens with zero attached hydrogens (tertiary/aromatic N) is 4. The summed E-state index contributed by atoms with van der Waals surface area (Å²) >= 11 is 0. The predicted molar refractivity (Wildman–Crippen MR) is 91.2 cm³/mol. The fourth-order valence-corrected chi connectivity index (χ4v) is 2.08. The summed E-state index contributed by atoms with van der Waals surface area (Å²) in [5.41, 5.74) is 1.28. The highest BCUT2D eigenvalue weighted by Gasteiger charge is 2.05. The molecular weight excluding hydrogens is 274 g/mol. The van der Waals surface area contributed by atoms with E-state index in [9.17, 15) is 0 Å². The van der Waals surface area contributed by atoms with Gasteiger partial charge in [-0.25, -0.2) is 4.98 Å². The van der Waals surface area contributed by atoms with Gasteiger partial charge in [0.05, 0.1) is 0 Å². The summed E-state index contributed by atoms with van der Waals surface area (Å²) in [6, 6.07) is 6.04. The highest BCUT2D eigenvalue weighted by atomic mass is 15.2. The van der Waals surface area contributed by atoms with E-state index in [4.69, 9.17) is 0 Å². The van der Waals surface area contributed by atoms with Crippen LogP contribution in [-0.2, 0) is 6.42 Å². The molecule has 22 heavy (non-hydrogen) atoms. The minimum Gasteiger partial charge on any atom is -0.359 e. The summed E-state index contributed by atoms with van der Waals surface area (Å²) in [7, 11) is 2.06. The lowest BCUT2D eigenvalue weighted by molar-refractivity contribution is 0.606. The van der Waals surface area contributed by atoms with Gasteiger partial charge in [0, 0.05) is 38.7 Å². The first kappa shape index (κ1) is 16.2. The first-order valence-electron chi connectivity index (χ1n) is 7.82. The summed E-state index contributed by atoms with van der Waals surface area (Å²) in [5, 5.41) is 3.29. The number of aromatic nitrogens is 3. The van der Waals surface area contributed by atoms with Crippen LogP contribution < -0.4 is 10.2 Å². The first-order chi connectivity index (χ1) is 10.6. The largest absolute Gasteiger partial charge is 0.359 e. The lowest BCUT2D eigenvalue weighted by atomic mass is 10.1. The van der Waals surface area contributed by atoms with Crippen molar-refractivity contribution < 1.29 is 0 Å². The van der Waals surface area contributed by atoms with Gasteiger partial charge in [0.1, 0.15) is 5.82 Å². The van der Waals surface area contributed by atoms with Gasteiger partial charge < -0.3 is 10.2 Å². The fraction of sp³-hybridized carbons (Fsp3) is 0.471. The van der Waals surface area contributed by atoms with E-state index in [1.807, 2.05) is 36.8 Å². The maximum absolute atomic E-state index is 4.57. The van der Waals surface area contributed by atoms with Crippen molar-refractivity contribution in [2.24, 2.45) is 5.92 Å². The highest BCUT2D eigenvalue weighted by Crippen LogP contribution is 2.12. The van der Waals surface area contributed by atoms with Crippen LogP contribution in [0.1, 0.15) is 25.8 Å². The molecule has 2 heterocycles. The standard InChI is InChI=1S/C17H25N5/c1-14(2)4-11-19-17-20-12-7-16(21-17)22(3)13-8-15-5-9-18-10-6-15/h5-7,9-10,12,14H,4,8,11,13H2,1-3H3,(H,19,20,21). The average molecular weight is 299 g/mol. The van der Waals surface area contributed by atoms with Crippen molar-refractivity contribution in [3.05, 3.63) is 42.4 Å². The molecular formula is C17H25N5. The molecule has 1 N–H and O–H groups in total. The van der Waals surface area contributed by atoms with E-state index >= 15 is 0 Å². The van der Waals surface area contributed by atoms with E-state index in [0.717, 1.165) is 31.7 Å². The minimum atomic E-state index is 0.679. The molecule has 0 aliphatic carbocycles. The van der Waals surface area contributed by atoms with Crippen LogP contribution in [0.25, 0.3) is 0 Å². The van der Waals surface area contributed by atoms with Crippen molar-refractivity contribution in [1.29, 1.82) is 0 Å². The molecule has 0 aromatic carbocycles. The predicted octanol–water partition coefficient (Wildman–Crippen LogP) is 3.01. The molecule has 0 radical (unpaired) electrons. The number of rotatable bonds is 8. The Morgan fingerprint density at radius 2 is 1.91 bits per heavy atom. The fourth-order valence-electron chi connectivity index (χ4n) is 2.08. The number of anilines is 2. The quantitative estimate of drug-likeness (QED) is 0.812. The Hall–Kier alpha value is -2.17. The third-order valence-electron chi connectivity index (χ3n) is 3.52. The zero-order valence-electron chi connectivity index (χ0n) is 13.7. The van der Waals surface area contributed by atoms with Crippen LogP contribution in [0, 0.1) is 5.92 Å². The van der Waals surface area contributed by atoms with E-state index in [0.29, 0.717) is 11.9 Å². The molecule has 2 aromatic heterocycles. The van der Waals surface area contributed by atoms with Gasteiger partial charge >= 0.3 is 0 Å². The second-order valence-corrected chi connectivity index (χ2v) is 5.87. The molecule has 5 nitrogen and oxygen atoms in total. The normalized spacial score (nSPS) is 10.7. The molecule has 0 spiro atoms. The Morgan fingerprint density at radius 3 is 2.64 bits per heavy atom. The topological polar surface area (TPSA) is 53.9 Å². The molecule has 118 valence electrons. The summed E-state index contributed by atoms with van der Waals surface area (Å²) in [6.07, 6.45) is 7.56. The first-order valence-corrected chi connectivity index (χ1v) is 7.82. The van der Waals surface area contributed by atoms with E-state index in [2.05, 4.69) is 46.1 Å². The maximum atomic E-state index is 4.57. The molecule has 0 unspecified atom stereocenters. The van der Waals surface area contributed by atoms with Crippen LogP contribution in [0.2, 0.25) is 0 Å². The lowest BCUT2D eigenvalue weighted by Crippen LogP contribution is -2.22. The number of pyridine rings is 1. The Balaban J connectivity index is 1.88. The van der Waals surface area contributed by atoms with E-state index in [1.54, 1.807) is 0 Å². The smallest absolute Gasteiger partial charge is 0.224 e. The SMILES string of the molecule is CC(C)CCNc1nccc(N(C)CCc2ccncc2)n1. The maximum Gasteiger partial charge on any atom is 0.224 e. The average Bonchev–Trinajstić information content (AvgIpc) is 2.53. The van der Waals surface area contributed by atoms with Crippen LogP contribution in [-0.4, -0.2) is 35.1 Å². The van der Waals surface area contributed by atoms with E-state index < -0.39 is 0 Å². The van der Waals surface area contributed by atoms with Gasteiger partial charge in [-0.05, 0) is 42.5 Å². The highest BCUT2D eigenvalue weighted by molar-refractivity contribution is 5.41. The van der Waals surface area contributed by atoms with Crippen LogP contribution >= 0.6 is 0 Å². The Morgan fingerprint density at radius 1 is 1.14 bits per heavy atom. The van der Waals surface area contributed by atoms with Crippen molar-refractivity contribution >= 4 is 11.8 Å². The van der Waals surface area contributed by atoms with Crippen molar-refractivity contribution in [1.82, 2.24) is 15.0 Å². The molecule has 0 atom stereocenters. The molecule has 0 amide bonds. The van der Waals surface area contributed by atoms with Crippen LogP contribution in [0.5, 0.6) is 0 Å². The molecule has 2 rings (SSSR count). The summed E-state index contributed by atoms with van der Waals surface area (Å²) in [6.45, 7) is 6.24. The molecule has 0 fully saturated rings. The molecule has 0 saturated carbocycles. The zero-order valence-corrected chi connectivity index (χ0v) is 13.7. The molecule has 0 saturated heterocycles. The van der Waals surface area contributed by atoms with E-state index in [1.165, 1.54) is 5.56 Å². The van der Waals surface area contributed by atoms with Gasteiger partial charge in [0.15, 0.2) is 0 Å². The van der Waals surface area contributed by atoms with Gasteiger partial charge in [0.2, 0.25) is 5.95 Å². The molecule has 2 aromatic rings. The van der Waals surface area contributed by atoms with Crippen LogP contribution in [0.3, 0.4) is 0 Å². The number of nitrogens with one attached hydrogen (secondary N) is 1. The van der Waals surface area contributed by atoms with E-state index in [-0.39, 0.29) is 0 Å². The van der Waals surface area contributed by atoms with Gasteiger partial charge in [0.25, 0.3) is 0 Å².